The van der Waals surface area contributed by atoms with Gasteiger partial charge in [0.2, 0.25) is 0 Å². The molecule has 0 saturated carbocycles. The van der Waals surface area contributed by atoms with Crippen LogP contribution in [0.25, 0.3) is 94.9 Å². The third-order valence-corrected chi connectivity index (χ3v) is 13.3. The van der Waals surface area contributed by atoms with Gasteiger partial charge >= 0.3 is 0 Å². The lowest BCUT2D eigenvalue weighted by atomic mass is 9.83. The van der Waals surface area contributed by atoms with E-state index in [2.05, 4.69) is 98.8 Å². The van der Waals surface area contributed by atoms with Crippen molar-refractivity contribution in [1.82, 2.24) is 15.0 Å². The van der Waals surface area contributed by atoms with Crippen LogP contribution < -0.4 is 0 Å². The highest BCUT2D eigenvalue weighted by molar-refractivity contribution is 8.15. The molecule has 3 aromatic heterocycles. The van der Waals surface area contributed by atoms with Crippen molar-refractivity contribution in [2.45, 2.75) is 25.0 Å². The second kappa shape index (κ2) is 12.2. The van der Waals surface area contributed by atoms with Crippen molar-refractivity contribution < 1.29 is 8.83 Å². The Hall–Kier alpha value is -6.57. The molecule has 6 aromatic carbocycles. The SMILES string of the molecule is CC1C=CC=CC1C1=NC2=Cc3cc(-c4nc(-c5cccc6oc7ccccc7c56)nc(-c5cccc6oc7ccccc7c56)n4)c4ccccc4c3CC2(C)S1. The van der Waals surface area contributed by atoms with Gasteiger partial charge in [0.05, 0.1) is 15.5 Å². The summed E-state index contributed by atoms with van der Waals surface area (Å²) in [7, 11) is 0. The van der Waals surface area contributed by atoms with Gasteiger partial charge in [-0.3, -0.25) is 0 Å². The van der Waals surface area contributed by atoms with E-state index < -0.39 is 0 Å². The van der Waals surface area contributed by atoms with E-state index >= 15 is 0 Å². The number of benzene rings is 6. The molecule has 0 saturated heterocycles. The van der Waals surface area contributed by atoms with Gasteiger partial charge in [-0.25, -0.2) is 19.9 Å². The molecule has 0 spiro atoms. The number of aliphatic imine (C=N–C) groups is 1. The molecule has 0 fully saturated rings. The van der Waals surface area contributed by atoms with E-state index in [1.54, 1.807) is 0 Å². The summed E-state index contributed by atoms with van der Waals surface area (Å²) in [6.45, 7) is 4.63. The quantitative estimate of drug-likeness (QED) is 0.178. The predicted octanol–water partition coefficient (Wildman–Crippen LogP) is 13.0. The van der Waals surface area contributed by atoms with E-state index in [4.69, 9.17) is 28.8 Å². The van der Waals surface area contributed by atoms with Crippen molar-refractivity contribution in [3.05, 3.63) is 156 Å². The molecule has 6 nitrogen and oxygen atoms in total. The summed E-state index contributed by atoms with van der Waals surface area (Å²) in [5.74, 6) is 2.46. The topological polar surface area (TPSA) is 77.3 Å². The fourth-order valence-corrected chi connectivity index (χ4v) is 10.6. The molecule has 0 amide bonds. The normalized spacial score (nSPS) is 20.1. The van der Waals surface area contributed by atoms with Crippen molar-refractivity contribution in [1.29, 1.82) is 0 Å². The Morgan fingerprint density at radius 1 is 0.596 bits per heavy atom. The molecule has 3 aliphatic rings. The van der Waals surface area contributed by atoms with Crippen molar-refractivity contribution in [2.24, 2.45) is 16.8 Å². The average molecular weight is 755 g/mol. The highest BCUT2D eigenvalue weighted by Gasteiger charge is 2.43. The number of furan rings is 2. The number of fused-ring (bicyclic) bond motifs is 10. The van der Waals surface area contributed by atoms with Gasteiger partial charge in [0.15, 0.2) is 17.5 Å². The molecule has 0 radical (unpaired) electrons. The van der Waals surface area contributed by atoms with Crippen LogP contribution in [0.2, 0.25) is 0 Å². The fraction of sp³-hybridized carbons (Fsp3) is 0.120. The maximum atomic E-state index is 6.34. The first-order chi connectivity index (χ1) is 28.0. The van der Waals surface area contributed by atoms with Crippen LogP contribution in [0.5, 0.6) is 0 Å². The van der Waals surface area contributed by atoms with Crippen LogP contribution in [0.15, 0.2) is 159 Å². The maximum Gasteiger partial charge on any atom is 0.164 e. The predicted molar refractivity (Wildman–Crippen MR) is 234 cm³/mol. The van der Waals surface area contributed by atoms with Crippen molar-refractivity contribution in [3.8, 4) is 34.2 Å². The Kier molecular flexibility index (Phi) is 7.00. The zero-order valence-electron chi connectivity index (χ0n) is 31.2. The molecule has 0 bridgehead atoms. The zero-order chi connectivity index (χ0) is 37.8. The fourth-order valence-electron chi connectivity index (χ4n) is 9.13. The van der Waals surface area contributed by atoms with Crippen molar-refractivity contribution in [2.75, 3.05) is 0 Å². The highest BCUT2D eigenvalue weighted by Crippen LogP contribution is 2.52. The smallest absolute Gasteiger partial charge is 0.164 e. The van der Waals surface area contributed by atoms with Gasteiger partial charge in [0.1, 0.15) is 22.3 Å². The molecule has 0 N–H and O–H groups in total. The Morgan fingerprint density at radius 2 is 1.14 bits per heavy atom. The first-order valence-corrected chi connectivity index (χ1v) is 20.3. The first kappa shape index (κ1) is 32.7. The molecule has 7 heteroatoms. The van der Waals surface area contributed by atoms with Crippen LogP contribution in [0.4, 0.5) is 0 Å². The van der Waals surface area contributed by atoms with Gasteiger partial charge in [-0.2, -0.15) is 0 Å². The Morgan fingerprint density at radius 3 is 1.77 bits per heavy atom. The Labute approximate surface area is 332 Å². The number of hydrogen-bond donors (Lipinski definition) is 0. The summed E-state index contributed by atoms with van der Waals surface area (Å²) in [6, 6.07) is 39.5. The summed E-state index contributed by atoms with van der Waals surface area (Å²) in [6.07, 6.45) is 12.1. The number of hydrogen-bond acceptors (Lipinski definition) is 7. The molecule has 3 unspecified atom stereocenters. The molecular weight excluding hydrogens is 721 g/mol. The summed E-state index contributed by atoms with van der Waals surface area (Å²) >= 11 is 1.93. The van der Waals surface area contributed by atoms with Gasteiger partial charge in [0.25, 0.3) is 0 Å². The van der Waals surface area contributed by atoms with E-state index in [0.717, 1.165) is 83.6 Å². The minimum absolute atomic E-state index is 0.146. The summed E-state index contributed by atoms with van der Waals surface area (Å²) in [4.78, 5) is 21.4. The molecule has 2 aliphatic carbocycles. The van der Waals surface area contributed by atoms with Crippen LogP contribution in [-0.4, -0.2) is 24.7 Å². The molecule has 57 heavy (non-hydrogen) atoms. The van der Waals surface area contributed by atoms with Crippen molar-refractivity contribution >= 4 is 77.5 Å². The van der Waals surface area contributed by atoms with Gasteiger partial charge in [-0.15, -0.1) is 0 Å². The Bertz CT molecular complexity index is 3180. The lowest BCUT2D eigenvalue weighted by molar-refractivity contribution is 0.642. The van der Waals surface area contributed by atoms with Gasteiger partial charge < -0.3 is 8.83 Å². The van der Waals surface area contributed by atoms with Crippen LogP contribution in [0.1, 0.15) is 25.0 Å². The molecular formula is C50H34N4O2S. The highest BCUT2D eigenvalue weighted by atomic mass is 32.2. The first-order valence-electron chi connectivity index (χ1n) is 19.5. The maximum absolute atomic E-state index is 6.34. The molecule has 1 aliphatic heterocycles. The van der Waals surface area contributed by atoms with E-state index in [1.165, 1.54) is 16.0 Å². The van der Waals surface area contributed by atoms with Crippen LogP contribution in [0, 0.1) is 11.8 Å². The van der Waals surface area contributed by atoms with Crippen molar-refractivity contribution in [3.63, 3.8) is 0 Å². The van der Waals surface area contributed by atoms with Gasteiger partial charge in [-0.1, -0.05) is 128 Å². The molecule has 272 valence electrons. The van der Waals surface area contributed by atoms with E-state index in [1.807, 2.05) is 72.4 Å². The lowest BCUT2D eigenvalue weighted by Crippen LogP contribution is -2.27. The monoisotopic (exact) mass is 754 g/mol. The number of aromatic nitrogens is 3. The molecule has 3 atom stereocenters. The third-order valence-electron chi connectivity index (χ3n) is 12.0. The molecule has 12 rings (SSSR count). The lowest BCUT2D eigenvalue weighted by Gasteiger charge is -2.31. The number of rotatable bonds is 4. The van der Waals surface area contributed by atoms with Gasteiger partial charge in [-0.05, 0) is 77.6 Å². The minimum Gasteiger partial charge on any atom is -0.456 e. The summed E-state index contributed by atoms with van der Waals surface area (Å²) in [5.41, 5.74) is 9.56. The standard InChI is InChI=1S/C50H34N4O2S/c1-28-13-3-4-14-30(28)49-51-43-26-29-25-37(31-15-5-6-16-32(31)38(29)27-50(43,2)57-49)48-53-46(35-19-11-23-41-44(35)33-17-7-9-21-39(33)55-41)52-47(54-48)36-20-12-24-42-45(36)34-18-8-10-22-40(34)56-42/h3-26,28,30H,27H2,1-2H3. The number of thioether (sulfide) groups is 1. The number of nitrogens with zero attached hydrogens (tertiary/aromatic N) is 4. The van der Waals surface area contributed by atoms with Crippen LogP contribution in [-0.2, 0) is 6.42 Å². The summed E-state index contributed by atoms with van der Waals surface area (Å²) < 4.78 is 12.5. The average Bonchev–Trinajstić information content (AvgIpc) is 3.93. The van der Waals surface area contributed by atoms with Gasteiger partial charge in [0, 0.05) is 44.2 Å². The Balaban J connectivity index is 1.11. The second-order valence-electron chi connectivity index (χ2n) is 15.5. The van der Waals surface area contributed by atoms with E-state index in [0.29, 0.717) is 23.4 Å². The second-order valence-corrected chi connectivity index (χ2v) is 17.1. The minimum atomic E-state index is -0.146. The number of para-hydroxylation sites is 2. The molecule has 4 heterocycles. The number of allylic oxidation sites excluding steroid dienone is 4. The third kappa shape index (κ3) is 4.98. The largest absolute Gasteiger partial charge is 0.456 e. The van der Waals surface area contributed by atoms with E-state index in [9.17, 15) is 0 Å². The van der Waals surface area contributed by atoms with Crippen LogP contribution >= 0.6 is 11.8 Å². The molecule has 9 aromatic rings. The zero-order valence-corrected chi connectivity index (χ0v) is 32.0. The van der Waals surface area contributed by atoms with Crippen LogP contribution in [0.3, 0.4) is 0 Å². The van der Waals surface area contributed by atoms with E-state index in [-0.39, 0.29) is 10.7 Å². The summed E-state index contributed by atoms with van der Waals surface area (Å²) in [5, 5.41) is 7.51.